The highest BCUT2D eigenvalue weighted by Crippen LogP contribution is 2.16. The van der Waals surface area contributed by atoms with Gasteiger partial charge >= 0.3 is 0 Å². The molecular formula is C9H10N2O3. The number of methoxy groups -OCH3 is 1. The zero-order valence-electron chi connectivity index (χ0n) is 7.69. The molecule has 0 saturated heterocycles. The maximum absolute atomic E-state index is 11.0. The van der Waals surface area contributed by atoms with Crippen LogP contribution in [0, 0.1) is 4.91 Å². The molecule has 14 heavy (non-hydrogen) atoms. The molecular weight excluding hydrogens is 184 g/mol. The smallest absolute Gasteiger partial charge is 0.249 e. The summed E-state index contributed by atoms with van der Waals surface area (Å²) in [5.74, 6) is 0.204. The number of benzene rings is 1. The summed E-state index contributed by atoms with van der Waals surface area (Å²) < 4.78 is 4.96. The predicted octanol–water partition coefficient (Wildman–Crippen LogP) is 1.40. The Bertz CT molecular complexity index is 339. The normalized spacial score (nSPS) is 9.21. The summed E-state index contributed by atoms with van der Waals surface area (Å²) in [4.78, 5) is 20.8. The van der Waals surface area contributed by atoms with Gasteiger partial charge in [-0.25, -0.2) is 0 Å². The van der Waals surface area contributed by atoms with E-state index < -0.39 is 5.91 Å². The van der Waals surface area contributed by atoms with Crippen LogP contribution in [0.1, 0.15) is 0 Å². The van der Waals surface area contributed by atoms with Crippen molar-refractivity contribution in [2.75, 3.05) is 19.0 Å². The molecule has 5 heteroatoms. The van der Waals surface area contributed by atoms with Crippen molar-refractivity contribution in [1.29, 1.82) is 0 Å². The fraction of sp³-hybridized carbons (Fsp3) is 0.222. The second kappa shape index (κ2) is 4.96. The Morgan fingerprint density at radius 2 is 2.36 bits per heavy atom. The van der Waals surface area contributed by atoms with E-state index in [2.05, 4.69) is 10.5 Å². The fourth-order valence-electron chi connectivity index (χ4n) is 0.960. The third kappa shape index (κ3) is 2.85. The van der Waals surface area contributed by atoms with Crippen LogP contribution in [0.25, 0.3) is 0 Å². The van der Waals surface area contributed by atoms with Crippen molar-refractivity contribution >= 4 is 11.6 Å². The highest BCUT2D eigenvalue weighted by Gasteiger charge is 2.01. The Balaban J connectivity index is 2.66. The van der Waals surface area contributed by atoms with E-state index in [-0.39, 0.29) is 6.54 Å². The molecule has 0 fully saturated rings. The number of hydrogen-bond acceptors (Lipinski definition) is 4. The summed E-state index contributed by atoms with van der Waals surface area (Å²) in [7, 11) is 1.54. The number of rotatable bonds is 4. The quantitative estimate of drug-likeness (QED) is 0.736. The number of carbonyl (C=O) groups excluding carboxylic acids is 1. The highest BCUT2D eigenvalue weighted by atomic mass is 16.5. The second-order valence-electron chi connectivity index (χ2n) is 2.57. The number of nitrogens with zero attached hydrogens (tertiary/aromatic N) is 1. The zero-order chi connectivity index (χ0) is 10.4. The largest absolute Gasteiger partial charge is 0.497 e. The maximum atomic E-state index is 11.0. The van der Waals surface area contributed by atoms with Gasteiger partial charge in [0.2, 0.25) is 5.91 Å². The van der Waals surface area contributed by atoms with Crippen LogP contribution in [0.15, 0.2) is 29.4 Å². The summed E-state index contributed by atoms with van der Waals surface area (Å²) in [5.41, 5.74) is 0.581. The molecule has 74 valence electrons. The van der Waals surface area contributed by atoms with Crippen LogP contribution in [-0.2, 0) is 4.79 Å². The average Bonchev–Trinajstić information content (AvgIpc) is 2.18. The van der Waals surface area contributed by atoms with Gasteiger partial charge in [-0.3, -0.25) is 4.79 Å². The lowest BCUT2D eigenvalue weighted by atomic mass is 10.3. The molecule has 0 radical (unpaired) electrons. The first-order chi connectivity index (χ1) is 6.76. The molecule has 0 unspecified atom stereocenters. The molecule has 0 bridgehead atoms. The molecule has 1 aromatic rings. The van der Waals surface area contributed by atoms with Crippen molar-refractivity contribution in [3.63, 3.8) is 0 Å². The molecule has 5 nitrogen and oxygen atoms in total. The molecule has 1 rings (SSSR count). The standard InChI is InChI=1S/C9H10N2O3/c1-14-8-4-2-3-7(5-8)11-9(12)6-10-13/h2-5H,6H2,1H3,(H,11,12). The van der Waals surface area contributed by atoms with Gasteiger partial charge in [-0.1, -0.05) is 11.2 Å². The molecule has 1 N–H and O–H groups in total. The molecule has 0 aliphatic heterocycles. The molecule has 0 atom stereocenters. The van der Waals surface area contributed by atoms with Crippen molar-refractivity contribution in [2.24, 2.45) is 5.18 Å². The summed E-state index contributed by atoms with van der Waals surface area (Å²) in [6.07, 6.45) is 0. The van der Waals surface area contributed by atoms with E-state index in [0.717, 1.165) is 0 Å². The van der Waals surface area contributed by atoms with Gasteiger partial charge in [-0.2, -0.15) is 4.91 Å². The highest BCUT2D eigenvalue weighted by molar-refractivity contribution is 5.92. The van der Waals surface area contributed by atoms with E-state index in [1.807, 2.05) is 0 Å². The van der Waals surface area contributed by atoms with Crippen LogP contribution in [-0.4, -0.2) is 19.6 Å². The number of carbonyl (C=O) groups is 1. The first-order valence-electron chi connectivity index (χ1n) is 3.99. The van der Waals surface area contributed by atoms with Crippen molar-refractivity contribution in [1.82, 2.24) is 0 Å². The van der Waals surface area contributed by atoms with Gasteiger partial charge in [0.15, 0.2) is 6.54 Å². The molecule has 0 aliphatic rings. The van der Waals surface area contributed by atoms with Crippen molar-refractivity contribution in [3.8, 4) is 5.75 Å². The Kier molecular flexibility index (Phi) is 3.60. The van der Waals surface area contributed by atoms with Crippen LogP contribution >= 0.6 is 0 Å². The van der Waals surface area contributed by atoms with Crippen LogP contribution in [0.5, 0.6) is 5.75 Å². The number of hydrogen-bond donors (Lipinski definition) is 1. The lowest BCUT2D eigenvalue weighted by molar-refractivity contribution is -0.114. The number of amides is 1. The van der Waals surface area contributed by atoms with E-state index in [1.54, 1.807) is 24.3 Å². The minimum atomic E-state index is -0.437. The first-order valence-corrected chi connectivity index (χ1v) is 3.99. The second-order valence-corrected chi connectivity index (χ2v) is 2.57. The number of anilines is 1. The molecule has 0 saturated carbocycles. The Morgan fingerprint density at radius 1 is 1.57 bits per heavy atom. The third-order valence-corrected chi connectivity index (χ3v) is 1.56. The van der Waals surface area contributed by atoms with E-state index in [4.69, 9.17) is 4.74 Å². The van der Waals surface area contributed by atoms with Crippen LogP contribution in [0.3, 0.4) is 0 Å². The molecule has 0 aliphatic carbocycles. The first kappa shape index (κ1) is 10.2. The Morgan fingerprint density at radius 3 is 3.00 bits per heavy atom. The summed E-state index contributed by atoms with van der Waals surface area (Å²) in [6, 6.07) is 6.85. The number of nitrogens with one attached hydrogen (secondary N) is 1. The van der Waals surface area contributed by atoms with E-state index in [1.165, 1.54) is 7.11 Å². The van der Waals surface area contributed by atoms with Crippen LogP contribution in [0.4, 0.5) is 5.69 Å². The van der Waals surface area contributed by atoms with Gasteiger partial charge in [-0.15, -0.1) is 0 Å². The van der Waals surface area contributed by atoms with Crippen molar-refractivity contribution in [3.05, 3.63) is 29.2 Å². The summed E-state index contributed by atoms with van der Waals surface area (Å²) >= 11 is 0. The topological polar surface area (TPSA) is 67.8 Å². The zero-order valence-corrected chi connectivity index (χ0v) is 7.69. The Labute approximate surface area is 81.0 Å². The van der Waals surface area contributed by atoms with Crippen LogP contribution < -0.4 is 10.1 Å². The van der Waals surface area contributed by atoms with Gasteiger partial charge in [0.1, 0.15) is 5.75 Å². The van der Waals surface area contributed by atoms with Crippen LogP contribution in [0.2, 0.25) is 0 Å². The van der Waals surface area contributed by atoms with E-state index >= 15 is 0 Å². The minimum Gasteiger partial charge on any atom is -0.497 e. The average molecular weight is 194 g/mol. The van der Waals surface area contributed by atoms with Crippen molar-refractivity contribution in [2.45, 2.75) is 0 Å². The van der Waals surface area contributed by atoms with Crippen molar-refractivity contribution < 1.29 is 9.53 Å². The van der Waals surface area contributed by atoms with Gasteiger partial charge in [0.05, 0.1) is 7.11 Å². The van der Waals surface area contributed by atoms with E-state index in [0.29, 0.717) is 11.4 Å². The summed E-state index contributed by atoms with van der Waals surface area (Å²) in [6.45, 7) is -0.378. The molecule has 0 aromatic heterocycles. The lowest BCUT2D eigenvalue weighted by Crippen LogP contribution is -2.14. The Hall–Kier alpha value is -1.91. The van der Waals surface area contributed by atoms with E-state index in [9.17, 15) is 9.70 Å². The monoisotopic (exact) mass is 194 g/mol. The maximum Gasteiger partial charge on any atom is 0.249 e. The fourth-order valence-corrected chi connectivity index (χ4v) is 0.960. The van der Waals surface area contributed by atoms with Gasteiger partial charge in [-0.05, 0) is 12.1 Å². The molecule has 0 heterocycles. The SMILES string of the molecule is COc1cccc(NC(=O)CN=O)c1. The van der Waals surface area contributed by atoms with Gasteiger partial charge < -0.3 is 10.1 Å². The minimum absolute atomic E-state index is 0.378. The molecule has 1 aromatic carbocycles. The predicted molar refractivity (Wildman–Crippen MR) is 52.3 cm³/mol. The lowest BCUT2D eigenvalue weighted by Gasteiger charge is -2.04. The third-order valence-electron chi connectivity index (χ3n) is 1.56. The van der Waals surface area contributed by atoms with Gasteiger partial charge in [0.25, 0.3) is 0 Å². The molecule has 0 spiro atoms. The molecule has 1 amide bonds. The summed E-state index contributed by atoms with van der Waals surface area (Å²) in [5, 5.41) is 4.99. The number of nitroso groups, excluding NO2 is 1. The van der Waals surface area contributed by atoms with Gasteiger partial charge in [0, 0.05) is 11.8 Å². The number of ether oxygens (including phenoxy) is 1.